The molecule has 0 heterocycles. The molecule has 0 aliphatic carbocycles. The number of carbonyl (C=O) groups excluding carboxylic acids is 1. The van der Waals surface area contributed by atoms with Crippen LogP contribution in [-0.4, -0.2) is 40.1 Å². The van der Waals surface area contributed by atoms with Crippen molar-refractivity contribution in [1.29, 1.82) is 0 Å². The molecule has 2 aromatic rings. The zero-order valence-electron chi connectivity index (χ0n) is 17.1. The fourth-order valence-corrected chi connectivity index (χ4v) is 2.67. The molecular formula is C21H26N2O5. The highest BCUT2D eigenvalue weighted by Crippen LogP contribution is 2.37. The standard InChI is InChI=1S/C21H26N2O5/c1-13-7-8-14(2)20(15(13)3)28-12-19(24)23-22-11-16-9-17(25-4)21(27-6)18(10-16)26-5/h7-11H,12H2,1-6H3,(H,23,24)/b22-11-. The van der Waals surface area contributed by atoms with Crippen molar-refractivity contribution >= 4 is 12.1 Å². The Morgan fingerprint density at radius 3 is 2.14 bits per heavy atom. The Kier molecular flexibility index (Phi) is 7.26. The van der Waals surface area contributed by atoms with Gasteiger partial charge in [-0.05, 0) is 49.6 Å². The molecule has 0 aromatic heterocycles. The summed E-state index contributed by atoms with van der Waals surface area (Å²) in [6.45, 7) is 5.79. The third kappa shape index (κ3) is 4.94. The van der Waals surface area contributed by atoms with Crippen LogP contribution in [0.25, 0.3) is 0 Å². The van der Waals surface area contributed by atoms with E-state index >= 15 is 0 Å². The quantitative estimate of drug-likeness (QED) is 0.557. The third-order valence-corrected chi connectivity index (χ3v) is 4.31. The fraction of sp³-hybridized carbons (Fsp3) is 0.333. The number of nitrogens with one attached hydrogen (secondary N) is 1. The molecule has 0 aliphatic rings. The Morgan fingerprint density at radius 1 is 0.964 bits per heavy atom. The normalized spacial score (nSPS) is 10.6. The van der Waals surface area contributed by atoms with Gasteiger partial charge in [0.1, 0.15) is 5.75 Å². The predicted octanol–water partition coefficient (Wildman–Crippen LogP) is 3.17. The van der Waals surface area contributed by atoms with Crippen molar-refractivity contribution in [1.82, 2.24) is 5.43 Å². The SMILES string of the molecule is COc1cc(/C=N\NC(=O)COc2c(C)ccc(C)c2C)cc(OC)c1OC. The second kappa shape index (κ2) is 9.64. The maximum atomic E-state index is 12.0. The van der Waals surface area contributed by atoms with Crippen molar-refractivity contribution in [2.45, 2.75) is 20.8 Å². The van der Waals surface area contributed by atoms with E-state index in [-0.39, 0.29) is 12.5 Å². The van der Waals surface area contributed by atoms with Crippen LogP contribution in [0.3, 0.4) is 0 Å². The highest BCUT2D eigenvalue weighted by atomic mass is 16.5. The number of nitrogens with zero attached hydrogens (tertiary/aromatic N) is 1. The molecule has 0 unspecified atom stereocenters. The van der Waals surface area contributed by atoms with Crippen LogP contribution in [0, 0.1) is 20.8 Å². The fourth-order valence-electron chi connectivity index (χ4n) is 2.67. The number of hydrazone groups is 1. The maximum absolute atomic E-state index is 12.0. The third-order valence-electron chi connectivity index (χ3n) is 4.31. The molecule has 0 saturated carbocycles. The minimum absolute atomic E-state index is 0.127. The average Bonchev–Trinajstić information content (AvgIpc) is 2.69. The van der Waals surface area contributed by atoms with Crippen molar-refractivity contribution < 1.29 is 23.7 Å². The molecule has 0 bridgehead atoms. The van der Waals surface area contributed by atoms with E-state index in [9.17, 15) is 4.79 Å². The molecule has 7 nitrogen and oxygen atoms in total. The molecule has 2 aromatic carbocycles. The first-order valence-corrected chi connectivity index (χ1v) is 8.72. The highest BCUT2D eigenvalue weighted by molar-refractivity contribution is 5.84. The molecule has 0 atom stereocenters. The molecule has 0 saturated heterocycles. The van der Waals surface area contributed by atoms with E-state index in [1.807, 2.05) is 32.9 Å². The Hall–Kier alpha value is -3.22. The van der Waals surface area contributed by atoms with E-state index in [1.165, 1.54) is 27.5 Å². The summed E-state index contributed by atoms with van der Waals surface area (Å²) >= 11 is 0. The monoisotopic (exact) mass is 386 g/mol. The first kappa shape index (κ1) is 21.1. The highest BCUT2D eigenvalue weighted by Gasteiger charge is 2.12. The summed E-state index contributed by atoms with van der Waals surface area (Å²) in [5.74, 6) is 1.86. The van der Waals surface area contributed by atoms with Crippen LogP contribution in [0.15, 0.2) is 29.4 Å². The van der Waals surface area contributed by atoms with Gasteiger partial charge in [-0.3, -0.25) is 4.79 Å². The van der Waals surface area contributed by atoms with E-state index in [0.29, 0.717) is 22.8 Å². The van der Waals surface area contributed by atoms with Crippen LogP contribution in [0.1, 0.15) is 22.3 Å². The van der Waals surface area contributed by atoms with Crippen molar-refractivity contribution in [3.05, 3.63) is 46.5 Å². The molecule has 1 N–H and O–H groups in total. The largest absolute Gasteiger partial charge is 0.493 e. The lowest BCUT2D eigenvalue weighted by molar-refractivity contribution is -0.123. The lowest BCUT2D eigenvalue weighted by Crippen LogP contribution is -2.25. The van der Waals surface area contributed by atoms with Crippen molar-refractivity contribution in [3.63, 3.8) is 0 Å². The van der Waals surface area contributed by atoms with Crippen LogP contribution in [0.5, 0.6) is 23.0 Å². The minimum atomic E-state index is -0.357. The number of hydrogen-bond donors (Lipinski definition) is 1. The predicted molar refractivity (Wildman–Crippen MR) is 108 cm³/mol. The van der Waals surface area contributed by atoms with Gasteiger partial charge in [0.25, 0.3) is 5.91 Å². The average molecular weight is 386 g/mol. The van der Waals surface area contributed by atoms with Gasteiger partial charge in [-0.15, -0.1) is 0 Å². The minimum Gasteiger partial charge on any atom is -0.493 e. The van der Waals surface area contributed by atoms with E-state index in [2.05, 4.69) is 10.5 Å². The van der Waals surface area contributed by atoms with Crippen molar-refractivity contribution in [2.24, 2.45) is 5.10 Å². The van der Waals surface area contributed by atoms with Gasteiger partial charge in [-0.2, -0.15) is 5.10 Å². The molecular weight excluding hydrogens is 360 g/mol. The number of rotatable bonds is 8. The summed E-state index contributed by atoms with van der Waals surface area (Å²) < 4.78 is 21.5. The Morgan fingerprint density at radius 2 is 1.57 bits per heavy atom. The van der Waals surface area contributed by atoms with Gasteiger partial charge in [-0.1, -0.05) is 12.1 Å². The number of hydrogen-bond acceptors (Lipinski definition) is 6. The molecule has 0 radical (unpaired) electrons. The molecule has 150 valence electrons. The summed E-state index contributed by atoms with van der Waals surface area (Å²) in [5, 5.41) is 3.97. The van der Waals surface area contributed by atoms with Gasteiger partial charge in [0, 0.05) is 5.56 Å². The van der Waals surface area contributed by atoms with Gasteiger partial charge in [0.15, 0.2) is 18.1 Å². The topological polar surface area (TPSA) is 78.4 Å². The summed E-state index contributed by atoms with van der Waals surface area (Å²) in [6, 6.07) is 7.46. The number of aryl methyl sites for hydroxylation is 2. The summed E-state index contributed by atoms with van der Waals surface area (Å²) in [5.41, 5.74) is 6.25. The maximum Gasteiger partial charge on any atom is 0.277 e. The zero-order chi connectivity index (χ0) is 20.7. The molecule has 2 rings (SSSR count). The van der Waals surface area contributed by atoms with Gasteiger partial charge in [0.2, 0.25) is 5.75 Å². The number of carbonyl (C=O) groups is 1. The smallest absolute Gasteiger partial charge is 0.277 e. The molecule has 0 spiro atoms. The lowest BCUT2D eigenvalue weighted by atomic mass is 10.1. The summed E-state index contributed by atoms with van der Waals surface area (Å²) in [7, 11) is 4.60. The summed E-state index contributed by atoms with van der Waals surface area (Å²) in [4.78, 5) is 12.0. The van der Waals surface area contributed by atoms with Gasteiger partial charge in [0.05, 0.1) is 27.5 Å². The Balaban J connectivity index is 2.01. The lowest BCUT2D eigenvalue weighted by Gasteiger charge is -2.13. The molecule has 7 heteroatoms. The number of benzene rings is 2. The van der Waals surface area contributed by atoms with Crippen molar-refractivity contribution in [2.75, 3.05) is 27.9 Å². The molecule has 1 amide bonds. The first-order chi connectivity index (χ1) is 13.4. The first-order valence-electron chi connectivity index (χ1n) is 8.72. The Bertz CT molecular complexity index is 852. The van der Waals surface area contributed by atoms with Gasteiger partial charge < -0.3 is 18.9 Å². The zero-order valence-corrected chi connectivity index (χ0v) is 17.1. The number of amides is 1. The summed E-state index contributed by atoms with van der Waals surface area (Å²) in [6.07, 6.45) is 1.49. The van der Waals surface area contributed by atoms with Crippen LogP contribution in [0.2, 0.25) is 0 Å². The second-order valence-electron chi connectivity index (χ2n) is 6.19. The number of ether oxygens (including phenoxy) is 4. The van der Waals surface area contributed by atoms with Crippen molar-refractivity contribution in [3.8, 4) is 23.0 Å². The molecule has 0 aliphatic heterocycles. The number of methoxy groups -OCH3 is 3. The van der Waals surface area contributed by atoms with E-state index in [4.69, 9.17) is 18.9 Å². The van der Waals surface area contributed by atoms with Crippen LogP contribution in [0.4, 0.5) is 0 Å². The van der Waals surface area contributed by atoms with Crippen LogP contribution in [-0.2, 0) is 4.79 Å². The van der Waals surface area contributed by atoms with E-state index in [0.717, 1.165) is 22.4 Å². The van der Waals surface area contributed by atoms with E-state index in [1.54, 1.807) is 12.1 Å². The second-order valence-corrected chi connectivity index (χ2v) is 6.19. The molecule has 28 heavy (non-hydrogen) atoms. The Labute approximate surface area is 165 Å². The van der Waals surface area contributed by atoms with Crippen LogP contribution < -0.4 is 24.4 Å². The molecule has 0 fully saturated rings. The van der Waals surface area contributed by atoms with E-state index < -0.39 is 0 Å². The van der Waals surface area contributed by atoms with Gasteiger partial charge >= 0.3 is 0 Å². The van der Waals surface area contributed by atoms with Gasteiger partial charge in [-0.25, -0.2) is 5.43 Å². The van der Waals surface area contributed by atoms with Crippen LogP contribution >= 0.6 is 0 Å².